The van der Waals surface area contributed by atoms with Crippen LogP contribution in [-0.4, -0.2) is 6.26 Å². The number of aromatic nitrogens is 1. The van der Waals surface area contributed by atoms with Gasteiger partial charge in [0.1, 0.15) is 0 Å². The first-order valence-electron chi connectivity index (χ1n) is 7.02. The molecule has 21 heavy (non-hydrogen) atoms. The second-order valence-electron chi connectivity index (χ2n) is 4.98. The third-order valence-corrected chi connectivity index (χ3v) is 4.23. The molecule has 3 rings (SSSR count). The van der Waals surface area contributed by atoms with Gasteiger partial charge in [-0.05, 0) is 30.0 Å². The fourth-order valence-electron chi connectivity index (χ4n) is 2.36. The molecule has 0 radical (unpaired) electrons. The number of hydrogen-bond donors (Lipinski definition) is 0. The van der Waals surface area contributed by atoms with E-state index in [1.54, 1.807) is 11.8 Å². The van der Waals surface area contributed by atoms with Gasteiger partial charge >= 0.3 is 0 Å². The molecule has 0 unspecified atom stereocenters. The Morgan fingerprint density at radius 1 is 0.810 bits per heavy atom. The predicted octanol–water partition coefficient (Wildman–Crippen LogP) is 4.41. The van der Waals surface area contributed by atoms with E-state index in [1.165, 1.54) is 21.6 Å². The summed E-state index contributed by atoms with van der Waals surface area (Å²) in [4.78, 5) is 1.31. The summed E-state index contributed by atoms with van der Waals surface area (Å²) in [6, 6.07) is 23.5. The Morgan fingerprint density at radius 3 is 2.24 bits per heavy atom. The minimum atomic E-state index is 0.898. The lowest BCUT2D eigenvalue weighted by molar-refractivity contribution is -0.687. The molecule has 0 bridgehead atoms. The van der Waals surface area contributed by atoms with Crippen LogP contribution < -0.4 is 4.57 Å². The second-order valence-corrected chi connectivity index (χ2v) is 5.86. The molecule has 0 aliphatic carbocycles. The van der Waals surface area contributed by atoms with Gasteiger partial charge in [0.15, 0.2) is 18.9 Å². The average molecular weight is 292 g/mol. The van der Waals surface area contributed by atoms with E-state index in [4.69, 9.17) is 0 Å². The van der Waals surface area contributed by atoms with E-state index in [0.29, 0.717) is 0 Å². The summed E-state index contributed by atoms with van der Waals surface area (Å²) >= 11 is 1.78. The largest absolute Gasteiger partial charge is 0.200 e. The molecule has 0 saturated carbocycles. The lowest BCUT2D eigenvalue weighted by Gasteiger charge is -2.02. The first-order valence-corrected chi connectivity index (χ1v) is 8.25. The predicted molar refractivity (Wildman–Crippen MR) is 89.4 cm³/mol. The molecule has 104 valence electrons. The summed E-state index contributed by atoms with van der Waals surface area (Å²) in [5.41, 5.74) is 3.83. The summed E-state index contributed by atoms with van der Waals surface area (Å²) in [6.45, 7) is 0.898. The lowest BCUT2D eigenvalue weighted by atomic mass is 10.1. The van der Waals surface area contributed by atoms with Crippen LogP contribution in [0.15, 0.2) is 84.0 Å². The highest BCUT2D eigenvalue weighted by atomic mass is 32.2. The smallest absolute Gasteiger partial charge is 0.176 e. The van der Waals surface area contributed by atoms with Crippen LogP contribution in [0.1, 0.15) is 5.56 Å². The fraction of sp³-hybridized carbons (Fsp3) is 0.105. The van der Waals surface area contributed by atoms with Crippen LogP contribution in [0.25, 0.3) is 11.1 Å². The van der Waals surface area contributed by atoms with Crippen molar-refractivity contribution in [2.75, 3.05) is 6.26 Å². The standard InChI is InChI=1S/C19H18NS/c1-21-19-11-9-16(10-12-19)14-20-13-5-8-18(15-20)17-6-3-2-4-7-17/h2-13,15H,14H2,1H3/q+1. The molecule has 1 nitrogen and oxygen atoms in total. The third kappa shape index (κ3) is 3.53. The Hall–Kier alpha value is -2.06. The van der Waals surface area contributed by atoms with Crippen LogP contribution in [0.2, 0.25) is 0 Å². The summed E-state index contributed by atoms with van der Waals surface area (Å²) < 4.78 is 2.23. The molecule has 3 aromatic rings. The van der Waals surface area contributed by atoms with Crippen LogP contribution >= 0.6 is 11.8 Å². The number of nitrogens with zero attached hydrogens (tertiary/aromatic N) is 1. The summed E-state index contributed by atoms with van der Waals surface area (Å²) in [5, 5.41) is 0. The topological polar surface area (TPSA) is 3.88 Å². The van der Waals surface area contributed by atoms with Gasteiger partial charge in [-0.25, -0.2) is 4.57 Å². The van der Waals surface area contributed by atoms with Gasteiger partial charge in [0.05, 0.1) is 0 Å². The Kier molecular flexibility index (Phi) is 4.37. The maximum absolute atomic E-state index is 2.23. The van der Waals surface area contributed by atoms with Gasteiger partial charge < -0.3 is 0 Å². The van der Waals surface area contributed by atoms with Crippen molar-refractivity contribution in [2.24, 2.45) is 0 Å². The van der Waals surface area contributed by atoms with Gasteiger partial charge in [-0.1, -0.05) is 42.5 Å². The first-order chi connectivity index (χ1) is 10.3. The van der Waals surface area contributed by atoms with Gasteiger partial charge in [0.2, 0.25) is 0 Å². The van der Waals surface area contributed by atoms with E-state index in [-0.39, 0.29) is 0 Å². The molecule has 0 spiro atoms. The van der Waals surface area contributed by atoms with E-state index in [1.807, 2.05) is 6.07 Å². The van der Waals surface area contributed by atoms with Gasteiger partial charge in [0.25, 0.3) is 0 Å². The van der Waals surface area contributed by atoms with Crippen molar-refractivity contribution in [3.63, 3.8) is 0 Å². The molecule has 0 N–H and O–H groups in total. The van der Waals surface area contributed by atoms with E-state index in [9.17, 15) is 0 Å². The minimum absolute atomic E-state index is 0.898. The molecular formula is C19H18NS+. The number of hydrogen-bond acceptors (Lipinski definition) is 1. The highest BCUT2D eigenvalue weighted by Gasteiger charge is 2.06. The van der Waals surface area contributed by atoms with Gasteiger partial charge in [-0.2, -0.15) is 0 Å². The first kappa shape index (κ1) is 13.9. The third-order valence-electron chi connectivity index (χ3n) is 3.49. The van der Waals surface area contributed by atoms with E-state index < -0.39 is 0 Å². The van der Waals surface area contributed by atoms with E-state index in [2.05, 4.69) is 83.9 Å². The van der Waals surface area contributed by atoms with Gasteiger partial charge in [0, 0.05) is 22.1 Å². The molecule has 0 aliphatic heterocycles. The molecule has 2 aromatic carbocycles. The number of rotatable bonds is 4. The van der Waals surface area contributed by atoms with Crippen molar-refractivity contribution in [3.8, 4) is 11.1 Å². The molecule has 0 aliphatic rings. The van der Waals surface area contributed by atoms with Crippen molar-refractivity contribution in [2.45, 2.75) is 11.4 Å². The monoisotopic (exact) mass is 292 g/mol. The van der Waals surface area contributed by atoms with Gasteiger partial charge in [-0.15, -0.1) is 11.8 Å². The summed E-state index contributed by atoms with van der Waals surface area (Å²) in [7, 11) is 0. The SMILES string of the molecule is CSc1ccc(C[n+]2cccc(-c3ccccc3)c2)cc1. The Balaban J connectivity index is 1.83. The normalized spacial score (nSPS) is 10.5. The van der Waals surface area contributed by atoms with Crippen molar-refractivity contribution in [1.29, 1.82) is 0 Å². The maximum atomic E-state index is 2.23. The van der Waals surface area contributed by atoms with Crippen molar-refractivity contribution in [3.05, 3.63) is 84.7 Å². The number of pyridine rings is 1. The molecule has 0 atom stereocenters. The zero-order valence-electron chi connectivity index (χ0n) is 12.1. The second kappa shape index (κ2) is 6.59. The molecular weight excluding hydrogens is 274 g/mol. The van der Waals surface area contributed by atoms with Crippen LogP contribution in [0.3, 0.4) is 0 Å². The maximum Gasteiger partial charge on any atom is 0.176 e. The number of benzene rings is 2. The molecule has 2 heteroatoms. The van der Waals surface area contributed by atoms with E-state index in [0.717, 1.165) is 6.54 Å². The Bertz CT molecular complexity index is 705. The molecule has 1 aromatic heterocycles. The van der Waals surface area contributed by atoms with Crippen LogP contribution in [-0.2, 0) is 6.54 Å². The zero-order valence-corrected chi connectivity index (χ0v) is 12.9. The van der Waals surface area contributed by atoms with Crippen molar-refractivity contribution < 1.29 is 4.57 Å². The van der Waals surface area contributed by atoms with Crippen LogP contribution in [0, 0.1) is 0 Å². The molecule has 0 fully saturated rings. The zero-order chi connectivity index (χ0) is 14.5. The average Bonchev–Trinajstić information content (AvgIpc) is 2.57. The summed E-state index contributed by atoms with van der Waals surface area (Å²) in [5.74, 6) is 0. The lowest BCUT2D eigenvalue weighted by Crippen LogP contribution is -2.33. The highest BCUT2D eigenvalue weighted by Crippen LogP contribution is 2.17. The summed E-state index contributed by atoms with van der Waals surface area (Å²) in [6.07, 6.45) is 6.43. The molecule has 0 saturated heterocycles. The molecule has 1 heterocycles. The molecule has 0 amide bonds. The van der Waals surface area contributed by atoms with Crippen molar-refractivity contribution >= 4 is 11.8 Å². The number of thioether (sulfide) groups is 1. The Labute approximate surface area is 130 Å². The van der Waals surface area contributed by atoms with Crippen LogP contribution in [0.4, 0.5) is 0 Å². The Morgan fingerprint density at radius 2 is 1.52 bits per heavy atom. The minimum Gasteiger partial charge on any atom is -0.200 e. The van der Waals surface area contributed by atoms with Crippen molar-refractivity contribution in [1.82, 2.24) is 0 Å². The quantitative estimate of drug-likeness (QED) is 0.509. The fourth-order valence-corrected chi connectivity index (χ4v) is 2.77. The van der Waals surface area contributed by atoms with E-state index >= 15 is 0 Å². The van der Waals surface area contributed by atoms with Gasteiger partial charge in [-0.3, -0.25) is 0 Å². The highest BCUT2D eigenvalue weighted by molar-refractivity contribution is 7.98. The van der Waals surface area contributed by atoms with Crippen LogP contribution in [0.5, 0.6) is 0 Å².